The van der Waals surface area contributed by atoms with Gasteiger partial charge in [0.25, 0.3) is 0 Å². The molecule has 1 aromatic carbocycles. The zero-order chi connectivity index (χ0) is 19.9. The molecule has 2 amide bonds. The number of anilines is 1. The molecule has 0 atom stereocenters. The number of hydrogen-bond acceptors (Lipinski definition) is 4. The van der Waals surface area contributed by atoms with Gasteiger partial charge in [-0.1, -0.05) is 25.3 Å². The van der Waals surface area contributed by atoms with E-state index in [-0.39, 0.29) is 23.7 Å². The lowest BCUT2D eigenvalue weighted by atomic mass is 9.80. The first-order valence-electron chi connectivity index (χ1n) is 10.4. The van der Waals surface area contributed by atoms with Crippen LogP contribution < -0.4 is 10.6 Å². The number of carbonyl (C=O) groups excluding carboxylic acids is 3. The first-order valence-corrected chi connectivity index (χ1v) is 10.4. The van der Waals surface area contributed by atoms with E-state index in [4.69, 9.17) is 4.74 Å². The zero-order valence-electron chi connectivity index (χ0n) is 16.5. The van der Waals surface area contributed by atoms with Crippen LogP contribution in [-0.2, 0) is 14.3 Å². The summed E-state index contributed by atoms with van der Waals surface area (Å²) in [5, 5.41) is 6.11. The monoisotopic (exact) mass is 386 g/mol. The molecule has 0 spiro atoms. The summed E-state index contributed by atoms with van der Waals surface area (Å²) in [5.41, 5.74) is 0.994. The lowest BCUT2D eigenvalue weighted by Crippen LogP contribution is -2.41. The van der Waals surface area contributed by atoms with Gasteiger partial charge in [0.1, 0.15) is 0 Å². The van der Waals surface area contributed by atoms with Crippen molar-refractivity contribution in [1.29, 1.82) is 0 Å². The summed E-state index contributed by atoms with van der Waals surface area (Å²) in [5.74, 6) is -0.389. The average Bonchev–Trinajstić information content (AvgIpc) is 2.74. The van der Waals surface area contributed by atoms with E-state index in [1.165, 1.54) is 26.4 Å². The van der Waals surface area contributed by atoms with Crippen LogP contribution in [0.1, 0.15) is 68.1 Å². The molecule has 2 aliphatic carbocycles. The number of rotatable bonds is 5. The van der Waals surface area contributed by atoms with Gasteiger partial charge in [0.2, 0.25) is 11.8 Å². The number of carbonyl (C=O) groups is 3. The molecule has 0 bridgehead atoms. The van der Waals surface area contributed by atoms with Gasteiger partial charge in [0.15, 0.2) is 0 Å². The molecular weight excluding hydrogens is 356 g/mol. The maximum absolute atomic E-state index is 12.6. The first kappa shape index (κ1) is 20.4. The molecule has 2 fully saturated rings. The average molecular weight is 386 g/mol. The van der Waals surface area contributed by atoms with E-state index in [0.29, 0.717) is 30.1 Å². The number of esters is 1. The lowest BCUT2D eigenvalue weighted by Gasteiger charge is -2.29. The van der Waals surface area contributed by atoms with Crippen molar-refractivity contribution in [2.24, 2.45) is 11.8 Å². The third kappa shape index (κ3) is 5.33. The van der Waals surface area contributed by atoms with E-state index in [0.717, 1.165) is 25.7 Å². The Labute approximate surface area is 166 Å². The fraction of sp³-hybridized carbons (Fsp3) is 0.591. The molecule has 6 heteroatoms. The number of hydrogen-bond donors (Lipinski definition) is 2. The van der Waals surface area contributed by atoms with Gasteiger partial charge in [-0.15, -0.1) is 0 Å². The van der Waals surface area contributed by atoms with Gasteiger partial charge in [-0.05, 0) is 56.7 Å². The Bertz CT molecular complexity index is 704. The van der Waals surface area contributed by atoms with Crippen LogP contribution in [0.15, 0.2) is 24.3 Å². The Hall–Kier alpha value is -2.37. The highest BCUT2D eigenvalue weighted by Gasteiger charge is 2.31. The fourth-order valence-electron chi connectivity index (χ4n) is 4.27. The molecule has 0 aliphatic heterocycles. The summed E-state index contributed by atoms with van der Waals surface area (Å²) in [6.45, 7) is 0. The highest BCUT2D eigenvalue weighted by atomic mass is 16.5. The number of amides is 2. The molecule has 0 radical (unpaired) electrons. The second-order valence-electron chi connectivity index (χ2n) is 7.95. The van der Waals surface area contributed by atoms with Gasteiger partial charge in [-0.3, -0.25) is 9.59 Å². The Morgan fingerprint density at radius 3 is 2.18 bits per heavy atom. The lowest BCUT2D eigenvalue weighted by molar-refractivity contribution is -0.129. The van der Waals surface area contributed by atoms with Crippen molar-refractivity contribution in [3.05, 3.63) is 29.8 Å². The molecule has 2 saturated carbocycles. The molecule has 0 saturated heterocycles. The molecule has 2 aliphatic rings. The summed E-state index contributed by atoms with van der Waals surface area (Å²) in [6.07, 6.45) is 8.79. The summed E-state index contributed by atoms with van der Waals surface area (Å²) in [7, 11) is 1.33. The van der Waals surface area contributed by atoms with Gasteiger partial charge in [0, 0.05) is 23.6 Å². The van der Waals surface area contributed by atoms with Crippen molar-refractivity contribution in [2.45, 2.75) is 63.8 Å². The van der Waals surface area contributed by atoms with E-state index in [9.17, 15) is 14.4 Å². The van der Waals surface area contributed by atoms with Crippen molar-refractivity contribution >= 4 is 23.5 Å². The molecule has 28 heavy (non-hydrogen) atoms. The summed E-state index contributed by atoms with van der Waals surface area (Å²) >= 11 is 0. The van der Waals surface area contributed by atoms with Crippen LogP contribution in [0, 0.1) is 11.8 Å². The second kappa shape index (κ2) is 9.71. The van der Waals surface area contributed by atoms with Gasteiger partial charge in [-0.2, -0.15) is 0 Å². The Balaban J connectivity index is 1.47. The van der Waals surface area contributed by atoms with Crippen LogP contribution in [0.25, 0.3) is 0 Å². The molecule has 152 valence electrons. The number of nitrogens with one attached hydrogen (secondary N) is 2. The predicted molar refractivity (Wildman–Crippen MR) is 107 cm³/mol. The van der Waals surface area contributed by atoms with Crippen LogP contribution in [0.2, 0.25) is 0 Å². The Kier molecular flexibility index (Phi) is 7.06. The molecular formula is C22H30N2O4. The zero-order valence-corrected chi connectivity index (χ0v) is 16.5. The SMILES string of the molecule is COC(=O)c1cccc(NC(=O)C2CCC(C(=O)NC3CCCCC3)CC2)c1. The number of methoxy groups -OCH3 is 1. The largest absolute Gasteiger partial charge is 0.465 e. The number of ether oxygens (including phenoxy) is 1. The highest BCUT2D eigenvalue weighted by molar-refractivity contribution is 5.95. The topological polar surface area (TPSA) is 84.5 Å². The molecule has 1 aromatic rings. The van der Waals surface area contributed by atoms with Gasteiger partial charge in [-0.25, -0.2) is 4.79 Å². The predicted octanol–water partition coefficient (Wildman–Crippen LogP) is 3.67. The van der Waals surface area contributed by atoms with Gasteiger partial charge < -0.3 is 15.4 Å². The summed E-state index contributed by atoms with van der Waals surface area (Å²) in [6, 6.07) is 7.08. The molecule has 6 nitrogen and oxygen atoms in total. The van der Waals surface area contributed by atoms with Crippen molar-refractivity contribution in [3.63, 3.8) is 0 Å². The minimum atomic E-state index is -0.430. The fourth-order valence-corrected chi connectivity index (χ4v) is 4.27. The third-order valence-corrected chi connectivity index (χ3v) is 5.97. The second-order valence-corrected chi connectivity index (χ2v) is 7.95. The summed E-state index contributed by atoms with van der Waals surface area (Å²) in [4.78, 5) is 36.7. The van der Waals surface area contributed by atoms with Crippen molar-refractivity contribution < 1.29 is 19.1 Å². The van der Waals surface area contributed by atoms with Crippen LogP contribution in [0.5, 0.6) is 0 Å². The van der Waals surface area contributed by atoms with Crippen LogP contribution in [0.3, 0.4) is 0 Å². The van der Waals surface area contributed by atoms with E-state index < -0.39 is 5.97 Å². The first-order chi connectivity index (χ1) is 13.6. The maximum atomic E-state index is 12.6. The Morgan fingerprint density at radius 2 is 1.54 bits per heavy atom. The van der Waals surface area contributed by atoms with Crippen LogP contribution in [0.4, 0.5) is 5.69 Å². The van der Waals surface area contributed by atoms with E-state index >= 15 is 0 Å². The number of benzene rings is 1. The minimum Gasteiger partial charge on any atom is -0.465 e. The van der Waals surface area contributed by atoms with Gasteiger partial charge in [0.05, 0.1) is 12.7 Å². The van der Waals surface area contributed by atoms with E-state index in [1.807, 2.05) is 0 Å². The van der Waals surface area contributed by atoms with Crippen LogP contribution >= 0.6 is 0 Å². The van der Waals surface area contributed by atoms with E-state index in [2.05, 4.69) is 10.6 Å². The molecule has 0 heterocycles. The Morgan fingerprint density at radius 1 is 0.893 bits per heavy atom. The van der Waals surface area contributed by atoms with Crippen LogP contribution in [-0.4, -0.2) is 30.9 Å². The quantitative estimate of drug-likeness (QED) is 0.756. The molecule has 3 rings (SSSR count). The standard InChI is InChI=1S/C22H30N2O4/c1-28-22(27)17-6-5-9-19(14-17)24-21(26)16-12-10-15(11-13-16)20(25)23-18-7-3-2-4-8-18/h5-6,9,14-16,18H,2-4,7-8,10-13H2,1H3,(H,23,25)(H,24,26). The normalized spacial score (nSPS) is 22.9. The maximum Gasteiger partial charge on any atom is 0.337 e. The third-order valence-electron chi connectivity index (χ3n) is 5.97. The van der Waals surface area contributed by atoms with Crippen molar-refractivity contribution in [2.75, 3.05) is 12.4 Å². The minimum absolute atomic E-state index is 0.0219. The van der Waals surface area contributed by atoms with Crippen molar-refractivity contribution in [1.82, 2.24) is 5.32 Å². The smallest absolute Gasteiger partial charge is 0.337 e. The molecule has 0 aromatic heterocycles. The molecule has 2 N–H and O–H groups in total. The van der Waals surface area contributed by atoms with E-state index in [1.54, 1.807) is 24.3 Å². The molecule has 0 unspecified atom stereocenters. The summed E-state index contributed by atoms with van der Waals surface area (Å²) < 4.78 is 4.71. The van der Waals surface area contributed by atoms with Gasteiger partial charge >= 0.3 is 5.97 Å². The highest BCUT2D eigenvalue weighted by Crippen LogP contribution is 2.30. The van der Waals surface area contributed by atoms with Crippen molar-refractivity contribution in [3.8, 4) is 0 Å².